The van der Waals surface area contributed by atoms with E-state index in [1.54, 1.807) is 11.3 Å². The topological polar surface area (TPSA) is 12.0 Å². The van der Waals surface area contributed by atoms with E-state index in [0.29, 0.717) is 12.1 Å². The van der Waals surface area contributed by atoms with Gasteiger partial charge in [-0.15, -0.1) is 11.3 Å². The third-order valence-corrected chi connectivity index (χ3v) is 5.24. The normalized spacial score (nSPS) is 15.1. The molecule has 0 saturated carbocycles. The van der Waals surface area contributed by atoms with Gasteiger partial charge in [-0.05, 0) is 46.0 Å². The van der Waals surface area contributed by atoms with E-state index in [2.05, 4.69) is 91.4 Å². The van der Waals surface area contributed by atoms with Crippen LogP contribution in [0, 0.1) is 5.41 Å². The van der Waals surface area contributed by atoms with Gasteiger partial charge in [-0.2, -0.15) is 0 Å². The molecular weight excluding hydrogens is 330 g/mol. The van der Waals surface area contributed by atoms with Gasteiger partial charge in [0.1, 0.15) is 0 Å². The summed E-state index contributed by atoms with van der Waals surface area (Å²) < 4.78 is 1.19. The lowest BCUT2D eigenvalue weighted by Crippen LogP contribution is -2.33. The van der Waals surface area contributed by atoms with Crippen LogP contribution in [0.4, 0.5) is 0 Å². The van der Waals surface area contributed by atoms with E-state index in [-0.39, 0.29) is 5.41 Å². The van der Waals surface area contributed by atoms with Gasteiger partial charge in [0, 0.05) is 17.0 Å². The van der Waals surface area contributed by atoms with Crippen LogP contribution in [0.15, 0.2) is 46.3 Å². The highest BCUT2D eigenvalue weighted by Gasteiger charge is 2.27. The van der Waals surface area contributed by atoms with Gasteiger partial charge in [-0.25, -0.2) is 0 Å². The second kappa shape index (κ2) is 6.42. The molecule has 2 rings (SSSR count). The molecule has 0 spiro atoms. The predicted octanol–water partition coefficient (Wildman–Crippen LogP) is 5.95. The average molecular weight is 352 g/mol. The van der Waals surface area contributed by atoms with Crippen LogP contribution in [0.2, 0.25) is 0 Å². The van der Waals surface area contributed by atoms with E-state index in [4.69, 9.17) is 0 Å². The SMILES string of the molecule is CC(NC(c1ccccc1)C(C)(C)C)c1ccc(Br)s1. The number of hydrogen-bond donors (Lipinski definition) is 1. The summed E-state index contributed by atoms with van der Waals surface area (Å²) in [5.74, 6) is 0. The van der Waals surface area contributed by atoms with Crippen LogP contribution >= 0.6 is 27.3 Å². The highest BCUT2D eigenvalue weighted by atomic mass is 79.9. The highest BCUT2D eigenvalue weighted by Crippen LogP contribution is 2.36. The van der Waals surface area contributed by atoms with Crippen LogP contribution in [0.25, 0.3) is 0 Å². The van der Waals surface area contributed by atoms with Crippen molar-refractivity contribution in [3.8, 4) is 0 Å². The minimum absolute atomic E-state index is 0.171. The second-order valence-electron chi connectivity index (χ2n) is 6.24. The van der Waals surface area contributed by atoms with Gasteiger partial charge < -0.3 is 5.32 Å². The van der Waals surface area contributed by atoms with Crippen molar-refractivity contribution in [1.29, 1.82) is 0 Å². The monoisotopic (exact) mass is 351 g/mol. The number of benzene rings is 1. The maximum Gasteiger partial charge on any atom is 0.0701 e. The molecule has 2 unspecified atom stereocenters. The minimum Gasteiger partial charge on any atom is -0.302 e. The summed E-state index contributed by atoms with van der Waals surface area (Å²) in [5, 5.41) is 3.79. The van der Waals surface area contributed by atoms with Crippen molar-refractivity contribution in [1.82, 2.24) is 5.32 Å². The van der Waals surface area contributed by atoms with Crippen LogP contribution in [0.3, 0.4) is 0 Å². The third kappa shape index (κ3) is 3.94. The van der Waals surface area contributed by atoms with Crippen molar-refractivity contribution < 1.29 is 0 Å². The molecule has 108 valence electrons. The van der Waals surface area contributed by atoms with Crippen LogP contribution in [0.1, 0.15) is 50.2 Å². The van der Waals surface area contributed by atoms with E-state index in [1.807, 2.05) is 0 Å². The van der Waals surface area contributed by atoms with E-state index in [0.717, 1.165) is 0 Å². The molecule has 0 saturated heterocycles. The van der Waals surface area contributed by atoms with Crippen molar-refractivity contribution in [3.63, 3.8) is 0 Å². The Hall–Kier alpha value is -0.640. The van der Waals surface area contributed by atoms with Crippen LogP contribution in [-0.2, 0) is 0 Å². The van der Waals surface area contributed by atoms with Crippen molar-refractivity contribution >= 4 is 27.3 Å². The molecule has 1 aromatic carbocycles. The zero-order valence-electron chi connectivity index (χ0n) is 12.5. The lowest BCUT2D eigenvalue weighted by atomic mass is 9.82. The molecule has 0 aliphatic heterocycles. The standard InChI is InChI=1S/C17H22BrNS/c1-12(14-10-11-15(18)20-14)19-16(17(2,3)4)13-8-6-5-7-9-13/h5-12,16,19H,1-4H3. The van der Waals surface area contributed by atoms with Gasteiger partial charge in [-0.1, -0.05) is 51.1 Å². The number of hydrogen-bond acceptors (Lipinski definition) is 2. The Morgan fingerprint density at radius 2 is 1.70 bits per heavy atom. The molecular formula is C17H22BrNS. The summed E-state index contributed by atoms with van der Waals surface area (Å²) in [6.45, 7) is 9.10. The Morgan fingerprint density at radius 3 is 2.20 bits per heavy atom. The Bertz CT molecular complexity index is 542. The van der Waals surface area contributed by atoms with Crippen LogP contribution in [0.5, 0.6) is 0 Å². The maximum atomic E-state index is 3.79. The van der Waals surface area contributed by atoms with Crippen molar-refractivity contribution in [2.75, 3.05) is 0 Å². The second-order valence-corrected chi connectivity index (χ2v) is 8.73. The van der Waals surface area contributed by atoms with Gasteiger partial charge in [0.05, 0.1) is 3.79 Å². The molecule has 0 bridgehead atoms. The molecule has 3 heteroatoms. The number of nitrogens with one attached hydrogen (secondary N) is 1. The maximum absolute atomic E-state index is 3.79. The molecule has 0 fully saturated rings. The van der Waals surface area contributed by atoms with E-state index >= 15 is 0 Å². The quantitative estimate of drug-likeness (QED) is 0.717. The summed E-state index contributed by atoms with van der Waals surface area (Å²) >= 11 is 5.34. The Balaban J connectivity index is 2.21. The third-order valence-electron chi connectivity index (χ3n) is 3.44. The smallest absolute Gasteiger partial charge is 0.0701 e. The van der Waals surface area contributed by atoms with Crippen LogP contribution < -0.4 is 5.32 Å². The van der Waals surface area contributed by atoms with E-state index in [1.165, 1.54) is 14.2 Å². The van der Waals surface area contributed by atoms with E-state index in [9.17, 15) is 0 Å². The fourth-order valence-corrected chi connectivity index (χ4v) is 3.82. The van der Waals surface area contributed by atoms with Crippen molar-refractivity contribution in [2.24, 2.45) is 5.41 Å². The Kier molecular flexibility index (Phi) is 5.05. The first-order valence-electron chi connectivity index (χ1n) is 6.94. The zero-order chi connectivity index (χ0) is 14.8. The first kappa shape index (κ1) is 15.7. The van der Waals surface area contributed by atoms with Gasteiger partial charge >= 0.3 is 0 Å². The van der Waals surface area contributed by atoms with Gasteiger partial charge in [0.25, 0.3) is 0 Å². The average Bonchev–Trinajstić information content (AvgIpc) is 2.82. The predicted molar refractivity (Wildman–Crippen MR) is 92.2 cm³/mol. The molecule has 0 radical (unpaired) electrons. The molecule has 0 amide bonds. The zero-order valence-corrected chi connectivity index (χ0v) is 14.9. The Morgan fingerprint density at radius 1 is 1.05 bits per heavy atom. The van der Waals surface area contributed by atoms with E-state index < -0.39 is 0 Å². The summed E-state index contributed by atoms with van der Waals surface area (Å²) in [4.78, 5) is 1.36. The molecule has 1 heterocycles. The molecule has 1 nitrogen and oxygen atoms in total. The lowest BCUT2D eigenvalue weighted by Gasteiger charge is -2.34. The van der Waals surface area contributed by atoms with Gasteiger partial charge in [0.15, 0.2) is 0 Å². The molecule has 2 atom stereocenters. The lowest BCUT2D eigenvalue weighted by molar-refractivity contribution is 0.255. The molecule has 20 heavy (non-hydrogen) atoms. The first-order valence-corrected chi connectivity index (χ1v) is 8.55. The molecule has 0 aliphatic rings. The fourth-order valence-electron chi connectivity index (χ4n) is 2.38. The van der Waals surface area contributed by atoms with Crippen LogP contribution in [-0.4, -0.2) is 0 Å². The summed E-state index contributed by atoms with van der Waals surface area (Å²) in [7, 11) is 0. The number of rotatable bonds is 4. The van der Waals surface area contributed by atoms with Crippen molar-refractivity contribution in [3.05, 3.63) is 56.7 Å². The highest BCUT2D eigenvalue weighted by molar-refractivity contribution is 9.11. The molecule has 2 aromatic rings. The molecule has 1 N–H and O–H groups in total. The van der Waals surface area contributed by atoms with Crippen molar-refractivity contribution in [2.45, 2.75) is 39.8 Å². The summed E-state index contributed by atoms with van der Waals surface area (Å²) in [6.07, 6.45) is 0. The number of thiophene rings is 1. The number of halogens is 1. The van der Waals surface area contributed by atoms with Gasteiger partial charge in [0.2, 0.25) is 0 Å². The van der Waals surface area contributed by atoms with Gasteiger partial charge in [-0.3, -0.25) is 0 Å². The first-order chi connectivity index (χ1) is 9.38. The molecule has 1 aromatic heterocycles. The fraction of sp³-hybridized carbons (Fsp3) is 0.412. The Labute approximate surface area is 134 Å². The minimum atomic E-state index is 0.171. The summed E-state index contributed by atoms with van der Waals surface area (Å²) in [5.41, 5.74) is 1.52. The largest absolute Gasteiger partial charge is 0.302 e. The summed E-state index contributed by atoms with van der Waals surface area (Å²) in [6, 6.07) is 15.7. The molecule has 0 aliphatic carbocycles.